The summed E-state index contributed by atoms with van der Waals surface area (Å²) in [5.74, 6) is -0.0405. The topological polar surface area (TPSA) is 46.3 Å². The van der Waals surface area contributed by atoms with Gasteiger partial charge in [-0.15, -0.1) is 0 Å². The zero-order valence-corrected chi connectivity index (χ0v) is 8.74. The minimum Gasteiger partial charge on any atom is -0.359 e. The third kappa shape index (κ3) is 1.62. The van der Waals surface area contributed by atoms with Gasteiger partial charge in [0.1, 0.15) is 6.67 Å². The predicted octanol–water partition coefficient (Wildman–Crippen LogP) is 1.47. The number of rotatable bonds is 2. The molecule has 2 heterocycles. The lowest BCUT2D eigenvalue weighted by Gasteiger charge is -2.16. The second-order valence-corrected chi connectivity index (χ2v) is 3.92. The quantitative estimate of drug-likeness (QED) is 0.745. The van der Waals surface area contributed by atoms with Crippen molar-refractivity contribution >= 4 is 5.91 Å². The number of hydrogen-bond acceptors (Lipinski definition) is 3. The number of likely N-dealkylation sites (tertiary alicyclic amines) is 1. The maximum absolute atomic E-state index is 12.5. The van der Waals surface area contributed by atoms with Gasteiger partial charge in [-0.3, -0.25) is 9.18 Å². The van der Waals surface area contributed by atoms with Gasteiger partial charge in [0.25, 0.3) is 0 Å². The van der Waals surface area contributed by atoms with Crippen molar-refractivity contribution in [2.75, 3.05) is 13.7 Å². The van der Waals surface area contributed by atoms with Gasteiger partial charge in [-0.25, -0.2) is 0 Å². The van der Waals surface area contributed by atoms with Gasteiger partial charge >= 0.3 is 0 Å². The van der Waals surface area contributed by atoms with Crippen molar-refractivity contribution in [1.29, 1.82) is 0 Å². The molecule has 82 valence electrons. The van der Waals surface area contributed by atoms with Crippen LogP contribution in [-0.2, 0) is 4.79 Å². The maximum atomic E-state index is 12.5. The first-order valence-electron chi connectivity index (χ1n) is 4.89. The van der Waals surface area contributed by atoms with Crippen molar-refractivity contribution in [1.82, 2.24) is 10.1 Å². The first-order valence-corrected chi connectivity index (χ1v) is 4.89. The Labute approximate surface area is 87.0 Å². The Kier molecular flexibility index (Phi) is 2.46. The average molecular weight is 212 g/mol. The Morgan fingerprint density at radius 1 is 1.73 bits per heavy atom. The Hall–Kier alpha value is -1.39. The highest BCUT2D eigenvalue weighted by Gasteiger charge is 2.39. The second-order valence-electron chi connectivity index (χ2n) is 3.92. The van der Waals surface area contributed by atoms with E-state index in [4.69, 9.17) is 4.52 Å². The van der Waals surface area contributed by atoms with Crippen LogP contribution in [0.2, 0.25) is 0 Å². The van der Waals surface area contributed by atoms with E-state index in [9.17, 15) is 9.18 Å². The second kappa shape index (κ2) is 3.64. The number of carbonyl (C=O) groups is 1. The summed E-state index contributed by atoms with van der Waals surface area (Å²) in [7, 11) is 1.67. The number of aryl methyl sites for hydroxylation is 1. The van der Waals surface area contributed by atoms with Crippen LogP contribution in [0.25, 0.3) is 0 Å². The molecule has 1 aliphatic heterocycles. The number of alkyl halides is 1. The molecule has 0 aromatic carbocycles. The van der Waals surface area contributed by atoms with Crippen LogP contribution in [0.3, 0.4) is 0 Å². The molecule has 0 bridgehead atoms. The van der Waals surface area contributed by atoms with E-state index in [0.717, 1.165) is 5.69 Å². The SMILES string of the molecule is Cc1cc([C@H]2C[C@@H](CF)C(=O)N2C)on1. The molecular formula is C10H13FN2O2. The van der Waals surface area contributed by atoms with Crippen molar-refractivity contribution in [2.45, 2.75) is 19.4 Å². The highest BCUT2D eigenvalue weighted by atomic mass is 19.1. The monoisotopic (exact) mass is 212 g/mol. The van der Waals surface area contributed by atoms with Gasteiger partial charge in [0.05, 0.1) is 17.7 Å². The minimum atomic E-state index is -0.604. The van der Waals surface area contributed by atoms with Gasteiger partial charge in [-0.05, 0) is 13.3 Å². The van der Waals surface area contributed by atoms with Crippen molar-refractivity contribution in [3.05, 3.63) is 17.5 Å². The summed E-state index contributed by atoms with van der Waals surface area (Å²) in [6.07, 6.45) is 0.473. The van der Waals surface area contributed by atoms with Crippen molar-refractivity contribution < 1.29 is 13.7 Å². The molecule has 2 atom stereocenters. The zero-order chi connectivity index (χ0) is 11.0. The van der Waals surface area contributed by atoms with E-state index >= 15 is 0 Å². The van der Waals surface area contributed by atoms with Gasteiger partial charge in [0.2, 0.25) is 5.91 Å². The first-order chi connectivity index (χ1) is 7.13. The average Bonchev–Trinajstić information content (AvgIpc) is 2.74. The summed E-state index contributed by atoms with van der Waals surface area (Å²) in [6, 6.07) is 1.62. The summed E-state index contributed by atoms with van der Waals surface area (Å²) in [6.45, 7) is 1.21. The zero-order valence-electron chi connectivity index (χ0n) is 8.74. The van der Waals surface area contributed by atoms with Gasteiger partial charge in [0, 0.05) is 13.1 Å². The third-order valence-electron chi connectivity index (χ3n) is 2.83. The van der Waals surface area contributed by atoms with Crippen LogP contribution < -0.4 is 0 Å². The van der Waals surface area contributed by atoms with Crippen LogP contribution in [0.5, 0.6) is 0 Å². The summed E-state index contributed by atoms with van der Waals surface area (Å²) >= 11 is 0. The van der Waals surface area contributed by atoms with Gasteiger partial charge in [0.15, 0.2) is 5.76 Å². The van der Waals surface area contributed by atoms with E-state index in [1.54, 1.807) is 13.1 Å². The molecule has 2 rings (SSSR count). The molecule has 0 saturated carbocycles. The molecule has 0 N–H and O–H groups in total. The lowest BCUT2D eigenvalue weighted by molar-refractivity contribution is -0.131. The van der Waals surface area contributed by atoms with Crippen LogP contribution in [0, 0.1) is 12.8 Å². The minimum absolute atomic E-state index is 0.156. The summed E-state index contributed by atoms with van der Waals surface area (Å²) in [4.78, 5) is 13.1. The number of carbonyl (C=O) groups excluding carboxylic acids is 1. The van der Waals surface area contributed by atoms with Crippen molar-refractivity contribution in [3.63, 3.8) is 0 Å². The first kappa shape index (κ1) is 10.1. The van der Waals surface area contributed by atoms with Crippen LogP contribution in [0.15, 0.2) is 10.6 Å². The van der Waals surface area contributed by atoms with E-state index in [1.807, 2.05) is 6.92 Å². The molecule has 0 unspecified atom stereocenters. The Morgan fingerprint density at radius 3 is 2.93 bits per heavy atom. The molecule has 1 fully saturated rings. The standard InChI is InChI=1S/C10H13FN2O2/c1-6-3-9(15-12-6)8-4-7(5-11)10(14)13(8)2/h3,7-8H,4-5H2,1-2H3/t7-,8+/m0/s1. The van der Waals surface area contributed by atoms with Gasteiger partial charge in [-0.2, -0.15) is 0 Å². The molecule has 1 aliphatic rings. The van der Waals surface area contributed by atoms with Gasteiger partial charge in [-0.1, -0.05) is 5.16 Å². The number of aromatic nitrogens is 1. The molecule has 5 heteroatoms. The van der Waals surface area contributed by atoms with Crippen LogP contribution in [-0.4, -0.2) is 29.7 Å². The molecule has 0 spiro atoms. The molecule has 1 amide bonds. The van der Waals surface area contributed by atoms with E-state index in [0.29, 0.717) is 12.2 Å². The van der Waals surface area contributed by atoms with E-state index in [1.165, 1.54) is 4.90 Å². The molecule has 0 aliphatic carbocycles. The Bertz CT molecular complexity index is 377. The molecule has 1 saturated heterocycles. The smallest absolute Gasteiger partial charge is 0.228 e. The van der Waals surface area contributed by atoms with Crippen molar-refractivity contribution in [2.24, 2.45) is 5.92 Å². The maximum Gasteiger partial charge on any atom is 0.228 e. The summed E-state index contributed by atoms with van der Waals surface area (Å²) in [5.41, 5.74) is 0.773. The number of amides is 1. The number of halogens is 1. The summed E-state index contributed by atoms with van der Waals surface area (Å²) in [5, 5.41) is 3.76. The predicted molar refractivity (Wildman–Crippen MR) is 50.8 cm³/mol. The van der Waals surface area contributed by atoms with E-state index in [2.05, 4.69) is 5.16 Å². The molecule has 1 aromatic heterocycles. The van der Waals surface area contributed by atoms with E-state index in [-0.39, 0.29) is 11.9 Å². The molecule has 4 nitrogen and oxygen atoms in total. The fourth-order valence-electron chi connectivity index (χ4n) is 1.95. The van der Waals surface area contributed by atoms with Gasteiger partial charge < -0.3 is 9.42 Å². The highest BCUT2D eigenvalue weighted by Crippen LogP contribution is 2.35. The van der Waals surface area contributed by atoms with E-state index < -0.39 is 12.6 Å². The van der Waals surface area contributed by atoms with Crippen LogP contribution in [0.4, 0.5) is 4.39 Å². The largest absolute Gasteiger partial charge is 0.359 e. The summed E-state index contributed by atoms with van der Waals surface area (Å²) < 4.78 is 17.6. The van der Waals surface area contributed by atoms with Crippen molar-refractivity contribution in [3.8, 4) is 0 Å². The Morgan fingerprint density at radius 2 is 2.47 bits per heavy atom. The van der Waals surface area contributed by atoms with Crippen LogP contribution >= 0.6 is 0 Å². The number of nitrogens with zero attached hydrogens (tertiary/aromatic N) is 2. The molecular weight excluding hydrogens is 199 g/mol. The fraction of sp³-hybridized carbons (Fsp3) is 0.600. The normalized spacial score (nSPS) is 26.3. The third-order valence-corrected chi connectivity index (χ3v) is 2.83. The molecule has 0 radical (unpaired) electrons. The fourth-order valence-corrected chi connectivity index (χ4v) is 1.95. The lowest BCUT2D eigenvalue weighted by Crippen LogP contribution is -2.25. The molecule has 1 aromatic rings. The molecule has 15 heavy (non-hydrogen) atoms. The van der Waals surface area contributed by atoms with Crippen LogP contribution in [0.1, 0.15) is 23.9 Å². The highest BCUT2D eigenvalue weighted by molar-refractivity contribution is 5.81. The Balaban J connectivity index is 2.21. The lowest BCUT2D eigenvalue weighted by atomic mass is 10.1. The number of hydrogen-bond donors (Lipinski definition) is 0.